The van der Waals surface area contributed by atoms with Crippen molar-refractivity contribution in [3.8, 4) is 89.0 Å². The summed E-state index contributed by atoms with van der Waals surface area (Å²) in [5.41, 5.74) is 34.1. The molecule has 4 heteroatoms. The molecule has 0 aliphatic heterocycles. The summed E-state index contributed by atoms with van der Waals surface area (Å²) in [7, 11) is 0. The van der Waals surface area contributed by atoms with Gasteiger partial charge in [0.1, 0.15) is 22.3 Å². The predicted molar refractivity (Wildman–Crippen MR) is 493 cm³/mol. The minimum atomic E-state index is -0.270. The highest BCUT2D eigenvalue weighted by atomic mass is 16.3. The van der Waals surface area contributed by atoms with Crippen molar-refractivity contribution in [2.75, 3.05) is 9.80 Å². The van der Waals surface area contributed by atoms with Crippen LogP contribution in [0.15, 0.2) is 391 Å². The molecule has 0 saturated carbocycles. The highest BCUT2D eigenvalue weighted by Gasteiger charge is 2.39. The first-order valence-corrected chi connectivity index (χ1v) is 40.7. The molecule has 117 heavy (non-hydrogen) atoms. The largest absolute Gasteiger partial charge is 0.456 e. The van der Waals surface area contributed by atoms with Crippen LogP contribution in [0.5, 0.6) is 0 Å². The van der Waals surface area contributed by atoms with Gasteiger partial charge in [-0.2, -0.15) is 0 Å². The zero-order chi connectivity index (χ0) is 77.9. The lowest BCUT2D eigenvalue weighted by Gasteiger charge is -2.32. The molecular formula is C113H78N2O2. The Morgan fingerprint density at radius 3 is 1.15 bits per heavy atom. The maximum Gasteiger partial charge on any atom is 0.137 e. The summed E-state index contributed by atoms with van der Waals surface area (Å²) in [6, 6.07) is 142. The molecule has 0 bridgehead atoms. The Morgan fingerprint density at radius 2 is 0.564 bits per heavy atom. The van der Waals surface area contributed by atoms with Gasteiger partial charge in [-0.1, -0.05) is 301 Å². The normalized spacial score (nSPS) is 13.1. The van der Waals surface area contributed by atoms with Crippen molar-refractivity contribution >= 4 is 121 Å². The Morgan fingerprint density at radius 1 is 0.197 bits per heavy atom. The van der Waals surface area contributed by atoms with Crippen LogP contribution < -0.4 is 9.80 Å². The SMILES string of the molecule is Cc1cc(-c2cccc3ccccc23)cc(-c2cccc3ccc(-c4ccc5c(c4)oc4cc(N(c6ccc7c(c6)C(C)(C)c6ccccc6-7)c6c(-c7ccccc7)cc(-c7cccc8ccccc78)cc6-c6cccc7ccccc67)ccc45)cc23)c1N(c1ccc2c(c1)C(C)(C)c1ccccc1-2)c1ccc2c(c1)oc1ccccc12. The third-order valence-corrected chi connectivity index (χ3v) is 25.7. The average Bonchev–Trinajstić information content (AvgIpc) is 1.60. The van der Waals surface area contributed by atoms with Gasteiger partial charge in [-0.3, -0.25) is 0 Å². The number of anilines is 6. The van der Waals surface area contributed by atoms with E-state index in [1.54, 1.807) is 0 Å². The van der Waals surface area contributed by atoms with Crippen LogP contribution in [0.2, 0.25) is 0 Å². The quantitative estimate of drug-likeness (QED) is 0.122. The van der Waals surface area contributed by atoms with Crippen LogP contribution in [-0.4, -0.2) is 0 Å². The second kappa shape index (κ2) is 26.2. The maximum atomic E-state index is 7.40. The van der Waals surface area contributed by atoms with Crippen LogP contribution in [0, 0.1) is 6.92 Å². The number of benzene rings is 19. The summed E-state index contributed by atoms with van der Waals surface area (Å²) in [6.07, 6.45) is 0. The van der Waals surface area contributed by atoms with E-state index < -0.39 is 0 Å². The van der Waals surface area contributed by atoms with E-state index in [-0.39, 0.29) is 10.8 Å². The van der Waals surface area contributed by atoms with Gasteiger partial charge in [-0.05, 0) is 247 Å². The number of aryl methyl sites for hydroxylation is 1. The number of nitrogens with zero attached hydrogens (tertiary/aromatic N) is 2. The minimum absolute atomic E-state index is 0.243. The lowest BCUT2D eigenvalue weighted by Crippen LogP contribution is -2.17. The van der Waals surface area contributed by atoms with Crippen LogP contribution >= 0.6 is 0 Å². The van der Waals surface area contributed by atoms with E-state index in [9.17, 15) is 0 Å². The number of furan rings is 2. The number of rotatable bonds is 12. The van der Waals surface area contributed by atoms with Gasteiger partial charge in [-0.25, -0.2) is 0 Å². The Labute approximate surface area is 679 Å². The zero-order valence-electron chi connectivity index (χ0n) is 65.6. The first kappa shape index (κ1) is 68.1. The minimum Gasteiger partial charge on any atom is -0.456 e. The summed E-state index contributed by atoms with van der Waals surface area (Å²) in [5.74, 6) is 0. The first-order chi connectivity index (χ1) is 57.4. The lowest BCUT2D eigenvalue weighted by molar-refractivity contribution is 0.660. The monoisotopic (exact) mass is 1490 g/mol. The van der Waals surface area contributed by atoms with E-state index in [0.717, 1.165) is 150 Å². The topological polar surface area (TPSA) is 32.8 Å². The maximum absolute atomic E-state index is 7.40. The van der Waals surface area contributed by atoms with E-state index in [4.69, 9.17) is 8.83 Å². The van der Waals surface area contributed by atoms with Gasteiger partial charge in [0.25, 0.3) is 0 Å². The van der Waals surface area contributed by atoms with Gasteiger partial charge in [0.05, 0.1) is 11.4 Å². The van der Waals surface area contributed by atoms with E-state index in [1.165, 1.54) is 88.0 Å². The predicted octanol–water partition coefficient (Wildman–Crippen LogP) is 32.0. The standard InChI is InChI=1S/C113H78N2O2/c1-69-59-77(86-40-21-30-70-27-9-12-34-83(70)86)62-100(110(69)114(81-52-57-96-94-39-17-20-46-106(94)116-108(96)67-81)79-50-55-92-90-37-15-18-44-102(90)112(2,3)104(92)65-79)89-43-24-33-74-47-48-75(60-98(74)89)76-49-54-95-97-58-53-82(68-109(97)117-107(95)64-76)115(80-51-56-93-91-38-16-19-45-103(91)113(4,5)105(93)66-80)111-99(73-25-7-6-8-26-73)61-78(87-41-22-31-71-28-10-13-35-84(71)87)63-101(111)88-42-23-32-72-29-11-14-36-85(72)88/h6-68H,1-5H3. The molecule has 552 valence electrons. The highest BCUT2D eigenvalue weighted by Crippen LogP contribution is 2.58. The third kappa shape index (κ3) is 10.7. The molecule has 21 aromatic rings. The summed E-state index contributed by atoms with van der Waals surface area (Å²) in [6.45, 7) is 11.8. The molecule has 0 saturated heterocycles. The fourth-order valence-corrected chi connectivity index (χ4v) is 20.0. The Hall–Kier alpha value is -14.6. The molecular weight excluding hydrogens is 1420 g/mol. The van der Waals surface area contributed by atoms with E-state index in [2.05, 4.69) is 427 Å². The summed E-state index contributed by atoms with van der Waals surface area (Å²) in [5, 5.41) is 13.7. The number of fused-ring (bicyclic) bond motifs is 16. The van der Waals surface area contributed by atoms with E-state index in [0.29, 0.717) is 0 Å². The van der Waals surface area contributed by atoms with Crippen LogP contribution in [0.25, 0.3) is 176 Å². The first-order valence-electron chi connectivity index (χ1n) is 40.7. The molecule has 0 fully saturated rings. The fraction of sp³-hybridized carbons (Fsp3) is 0.0619. The molecule has 0 radical (unpaired) electrons. The van der Waals surface area contributed by atoms with Crippen molar-refractivity contribution in [2.45, 2.75) is 45.4 Å². The van der Waals surface area contributed by atoms with E-state index >= 15 is 0 Å². The van der Waals surface area contributed by atoms with Crippen LogP contribution in [0.4, 0.5) is 34.1 Å². The van der Waals surface area contributed by atoms with Crippen molar-refractivity contribution in [1.29, 1.82) is 0 Å². The van der Waals surface area contributed by atoms with Gasteiger partial charge in [0.2, 0.25) is 0 Å². The molecule has 2 aromatic heterocycles. The van der Waals surface area contributed by atoms with Crippen molar-refractivity contribution in [3.63, 3.8) is 0 Å². The van der Waals surface area contributed by atoms with Gasteiger partial charge in [-0.15, -0.1) is 0 Å². The van der Waals surface area contributed by atoms with Crippen molar-refractivity contribution < 1.29 is 8.83 Å². The third-order valence-electron chi connectivity index (χ3n) is 25.7. The van der Waals surface area contributed by atoms with Gasteiger partial charge in [0, 0.05) is 83.9 Å². The number of hydrogen-bond donors (Lipinski definition) is 0. The Balaban J connectivity index is 0.714. The smallest absolute Gasteiger partial charge is 0.137 e. The zero-order valence-corrected chi connectivity index (χ0v) is 65.6. The molecule has 2 aliphatic carbocycles. The molecule has 4 nitrogen and oxygen atoms in total. The fourth-order valence-electron chi connectivity index (χ4n) is 20.0. The molecule has 0 spiro atoms. The summed E-state index contributed by atoms with van der Waals surface area (Å²) < 4.78 is 14.2. The Kier molecular flexibility index (Phi) is 15.3. The van der Waals surface area contributed by atoms with Crippen molar-refractivity contribution in [2.24, 2.45) is 0 Å². The van der Waals surface area contributed by atoms with Crippen LogP contribution in [0.1, 0.15) is 55.5 Å². The molecule has 19 aromatic carbocycles. The number of hydrogen-bond acceptors (Lipinski definition) is 4. The molecule has 0 amide bonds. The second-order valence-corrected chi connectivity index (χ2v) is 33.0. The summed E-state index contributed by atoms with van der Waals surface area (Å²) >= 11 is 0. The van der Waals surface area contributed by atoms with Crippen LogP contribution in [-0.2, 0) is 10.8 Å². The van der Waals surface area contributed by atoms with E-state index in [1.807, 2.05) is 0 Å². The molecule has 2 aliphatic rings. The molecule has 2 heterocycles. The second-order valence-electron chi connectivity index (χ2n) is 33.0. The van der Waals surface area contributed by atoms with Gasteiger partial charge < -0.3 is 18.6 Å². The number of para-hydroxylation sites is 1. The van der Waals surface area contributed by atoms with Gasteiger partial charge >= 0.3 is 0 Å². The average molecular weight is 1500 g/mol. The molecule has 0 atom stereocenters. The highest BCUT2D eigenvalue weighted by molar-refractivity contribution is 6.14. The summed E-state index contributed by atoms with van der Waals surface area (Å²) in [4.78, 5) is 5.04. The Bertz CT molecular complexity index is 7720. The molecule has 0 unspecified atom stereocenters. The van der Waals surface area contributed by atoms with Crippen molar-refractivity contribution in [1.82, 2.24) is 0 Å². The van der Waals surface area contributed by atoms with Gasteiger partial charge in [0.15, 0.2) is 0 Å². The van der Waals surface area contributed by atoms with Crippen LogP contribution in [0.3, 0.4) is 0 Å². The van der Waals surface area contributed by atoms with Crippen molar-refractivity contribution in [3.05, 3.63) is 410 Å². The molecule has 23 rings (SSSR count). The lowest BCUT2D eigenvalue weighted by atomic mass is 9.82. The molecule has 0 N–H and O–H groups in total.